The van der Waals surface area contributed by atoms with Gasteiger partial charge in [-0.1, -0.05) is 60.7 Å². The molecule has 2 aromatic carbocycles. The zero-order chi connectivity index (χ0) is 26.4. The van der Waals surface area contributed by atoms with E-state index in [2.05, 4.69) is 5.32 Å². The summed E-state index contributed by atoms with van der Waals surface area (Å²) in [5, 5.41) is 2.89. The Morgan fingerprint density at radius 2 is 1.65 bits per heavy atom. The summed E-state index contributed by atoms with van der Waals surface area (Å²) in [6.07, 6.45) is -3.48. The highest BCUT2D eigenvalue weighted by molar-refractivity contribution is 5.73. The van der Waals surface area contributed by atoms with Gasteiger partial charge in [0.05, 0.1) is 13.2 Å². The standard InChI is InChI=1S/C28H35NO8/c1-18(30)29-23-25(32-17-22(31)37-28(2,3)4)24-21(16-34-26(36-24)20-13-9-6-10-14-20)35-27(23)33-15-19-11-7-5-8-12-19/h5-14,21,23-27H,15-17H2,1-4H3,(H,29,30)/t21-,23+,24-,25+,26-,27-/m1/s1. The summed E-state index contributed by atoms with van der Waals surface area (Å²) in [5.41, 5.74) is 1.12. The number of nitrogens with one attached hydrogen (secondary N) is 1. The molecule has 0 aliphatic carbocycles. The monoisotopic (exact) mass is 513 g/mol. The Hall–Kier alpha value is -2.82. The second kappa shape index (κ2) is 12.1. The maximum absolute atomic E-state index is 12.5. The van der Waals surface area contributed by atoms with Gasteiger partial charge in [0.15, 0.2) is 12.6 Å². The lowest BCUT2D eigenvalue weighted by atomic mass is 9.95. The molecule has 4 rings (SSSR count). The lowest BCUT2D eigenvalue weighted by molar-refractivity contribution is -0.349. The van der Waals surface area contributed by atoms with Gasteiger partial charge in [0, 0.05) is 12.5 Å². The molecule has 0 unspecified atom stereocenters. The molecule has 2 saturated heterocycles. The first-order valence-electron chi connectivity index (χ1n) is 12.4. The lowest BCUT2D eigenvalue weighted by Gasteiger charge is -2.49. The average Bonchev–Trinajstić information content (AvgIpc) is 2.86. The van der Waals surface area contributed by atoms with E-state index >= 15 is 0 Å². The van der Waals surface area contributed by atoms with Crippen molar-refractivity contribution in [2.24, 2.45) is 0 Å². The van der Waals surface area contributed by atoms with Crippen molar-refractivity contribution < 1.29 is 38.0 Å². The van der Waals surface area contributed by atoms with Crippen molar-refractivity contribution >= 4 is 11.9 Å². The fourth-order valence-electron chi connectivity index (χ4n) is 4.37. The van der Waals surface area contributed by atoms with Gasteiger partial charge < -0.3 is 33.7 Å². The number of rotatable bonds is 8. The van der Waals surface area contributed by atoms with Crippen molar-refractivity contribution in [2.45, 2.75) is 76.8 Å². The Bertz CT molecular complexity index is 1030. The van der Waals surface area contributed by atoms with E-state index in [9.17, 15) is 9.59 Å². The Morgan fingerprint density at radius 1 is 0.973 bits per heavy atom. The van der Waals surface area contributed by atoms with Crippen molar-refractivity contribution in [3.8, 4) is 0 Å². The quantitative estimate of drug-likeness (QED) is 0.537. The number of amides is 1. The van der Waals surface area contributed by atoms with Crippen LogP contribution in [0, 0.1) is 0 Å². The SMILES string of the molecule is CC(=O)N[C@@H]1[C@H](OCc2ccccc2)O[C@@H]2CO[C@@H](c3ccccc3)O[C@H]2[C@H]1OCC(=O)OC(C)(C)C. The maximum Gasteiger partial charge on any atom is 0.332 e. The summed E-state index contributed by atoms with van der Waals surface area (Å²) in [5.74, 6) is -0.816. The number of ether oxygens (including phenoxy) is 6. The van der Waals surface area contributed by atoms with E-state index < -0.39 is 48.5 Å². The van der Waals surface area contributed by atoms with Crippen LogP contribution in [-0.2, 0) is 44.6 Å². The molecular formula is C28H35NO8. The molecule has 2 aromatic rings. The van der Waals surface area contributed by atoms with Gasteiger partial charge in [0.2, 0.25) is 5.91 Å². The highest BCUT2D eigenvalue weighted by Crippen LogP contribution is 2.36. The molecule has 6 atom stereocenters. The van der Waals surface area contributed by atoms with Crippen LogP contribution in [0.3, 0.4) is 0 Å². The van der Waals surface area contributed by atoms with Gasteiger partial charge in [-0.05, 0) is 26.3 Å². The summed E-state index contributed by atoms with van der Waals surface area (Å²) in [6, 6.07) is 18.4. The molecule has 0 radical (unpaired) electrons. The minimum Gasteiger partial charge on any atom is -0.458 e. The molecule has 1 N–H and O–H groups in total. The van der Waals surface area contributed by atoms with Crippen molar-refractivity contribution in [2.75, 3.05) is 13.2 Å². The largest absolute Gasteiger partial charge is 0.458 e. The number of benzene rings is 2. The number of fused-ring (bicyclic) bond motifs is 1. The molecule has 2 aliphatic heterocycles. The smallest absolute Gasteiger partial charge is 0.332 e. The predicted molar refractivity (Wildman–Crippen MR) is 133 cm³/mol. The number of hydrogen-bond acceptors (Lipinski definition) is 8. The van der Waals surface area contributed by atoms with Crippen LogP contribution in [0.4, 0.5) is 0 Å². The number of carbonyl (C=O) groups excluding carboxylic acids is 2. The molecule has 9 nitrogen and oxygen atoms in total. The third-order valence-corrected chi connectivity index (χ3v) is 5.85. The minimum atomic E-state index is -0.866. The van der Waals surface area contributed by atoms with E-state index in [1.807, 2.05) is 60.7 Å². The summed E-state index contributed by atoms with van der Waals surface area (Å²) in [7, 11) is 0. The van der Waals surface area contributed by atoms with Crippen LogP contribution in [0.1, 0.15) is 45.1 Å². The zero-order valence-electron chi connectivity index (χ0n) is 21.6. The topological polar surface area (TPSA) is 102 Å². The molecule has 200 valence electrons. The Kier molecular flexibility index (Phi) is 8.94. The van der Waals surface area contributed by atoms with Crippen LogP contribution in [0.15, 0.2) is 60.7 Å². The van der Waals surface area contributed by atoms with Crippen LogP contribution < -0.4 is 5.32 Å². The van der Waals surface area contributed by atoms with Crippen LogP contribution >= 0.6 is 0 Å². The van der Waals surface area contributed by atoms with Gasteiger partial charge in [0.25, 0.3) is 0 Å². The minimum absolute atomic E-state index is 0.217. The maximum atomic E-state index is 12.5. The molecule has 0 saturated carbocycles. The first kappa shape index (κ1) is 27.2. The highest BCUT2D eigenvalue weighted by atomic mass is 16.8. The molecule has 2 heterocycles. The second-order valence-corrected chi connectivity index (χ2v) is 10.1. The average molecular weight is 514 g/mol. The first-order valence-corrected chi connectivity index (χ1v) is 12.4. The van der Waals surface area contributed by atoms with Gasteiger partial charge in [0.1, 0.15) is 36.6 Å². The van der Waals surface area contributed by atoms with Gasteiger partial charge in [-0.25, -0.2) is 4.79 Å². The molecule has 0 bridgehead atoms. The van der Waals surface area contributed by atoms with Crippen LogP contribution in [0.25, 0.3) is 0 Å². The molecule has 2 fully saturated rings. The fraction of sp³-hybridized carbons (Fsp3) is 0.500. The van der Waals surface area contributed by atoms with Gasteiger partial charge in [-0.2, -0.15) is 0 Å². The lowest BCUT2D eigenvalue weighted by Crippen LogP contribution is -2.67. The number of hydrogen-bond donors (Lipinski definition) is 1. The van der Waals surface area contributed by atoms with E-state index in [1.54, 1.807) is 20.8 Å². The summed E-state index contributed by atoms with van der Waals surface area (Å²) >= 11 is 0. The van der Waals surface area contributed by atoms with Crippen LogP contribution in [0.5, 0.6) is 0 Å². The number of esters is 1. The molecule has 2 aliphatic rings. The Labute approximate surface area is 217 Å². The first-order chi connectivity index (χ1) is 17.7. The number of carbonyl (C=O) groups is 2. The van der Waals surface area contributed by atoms with Crippen molar-refractivity contribution in [3.63, 3.8) is 0 Å². The third-order valence-electron chi connectivity index (χ3n) is 5.85. The van der Waals surface area contributed by atoms with Crippen molar-refractivity contribution in [1.82, 2.24) is 5.32 Å². The Morgan fingerprint density at radius 3 is 2.30 bits per heavy atom. The molecule has 9 heteroatoms. The van der Waals surface area contributed by atoms with E-state index in [0.29, 0.717) is 0 Å². The van der Waals surface area contributed by atoms with E-state index in [0.717, 1.165) is 11.1 Å². The van der Waals surface area contributed by atoms with Gasteiger partial charge >= 0.3 is 5.97 Å². The van der Waals surface area contributed by atoms with Crippen LogP contribution in [0.2, 0.25) is 0 Å². The van der Waals surface area contributed by atoms with Crippen LogP contribution in [-0.4, -0.2) is 61.3 Å². The van der Waals surface area contributed by atoms with Crippen molar-refractivity contribution in [3.05, 3.63) is 71.8 Å². The molecule has 0 aromatic heterocycles. The van der Waals surface area contributed by atoms with E-state index in [1.165, 1.54) is 6.92 Å². The van der Waals surface area contributed by atoms with Gasteiger partial charge in [-0.15, -0.1) is 0 Å². The summed E-state index contributed by atoms with van der Waals surface area (Å²) < 4.78 is 36.2. The van der Waals surface area contributed by atoms with Crippen molar-refractivity contribution in [1.29, 1.82) is 0 Å². The molecule has 37 heavy (non-hydrogen) atoms. The van der Waals surface area contributed by atoms with E-state index in [-0.39, 0.29) is 25.7 Å². The highest BCUT2D eigenvalue weighted by Gasteiger charge is 2.51. The molecule has 1 amide bonds. The zero-order valence-corrected chi connectivity index (χ0v) is 21.6. The summed E-state index contributed by atoms with van der Waals surface area (Å²) in [4.78, 5) is 24.7. The van der Waals surface area contributed by atoms with Gasteiger partial charge in [-0.3, -0.25) is 4.79 Å². The fourth-order valence-corrected chi connectivity index (χ4v) is 4.37. The summed E-state index contributed by atoms with van der Waals surface area (Å²) in [6.45, 7) is 6.91. The normalized spacial score (nSPS) is 27.7. The third kappa shape index (κ3) is 7.59. The molecular weight excluding hydrogens is 478 g/mol. The second-order valence-electron chi connectivity index (χ2n) is 10.1. The predicted octanol–water partition coefficient (Wildman–Crippen LogP) is 3.27. The van der Waals surface area contributed by atoms with E-state index in [4.69, 9.17) is 28.4 Å². The molecule has 0 spiro atoms. The Balaban J connectivity index is 1.56.